The Labute approximate surface area is 286 Å². The molecule has 6 rings (SSSR count). The summed E-state index contributed by atoms with van der Waals surface area (Å²) in [5.41, 5.74) is -0.989. The molecule has 0 aliphatic carbocycles. The van der Waals surface area contributed by atoms with Crippen molar-refractivity contribution in [2.45, 2.75) is 44.3 Å². The Morgan fingerprint density at radius 3 is 2.59 bits per heavy atom. The number of carbonyl (C=O) groups is 2. The van der Waals surface area contributed by atoms with Crippen LogP contribution in [0.2, 0.25) is 0 Å². The monoisotopic (exact) mass is 705 g/mol. The zero-order chi connectivity index (χ0) is 34.1. The molecule has 2 amide bonds. The molecule has 3 atom stereocenters. The van der Waals surface area contributed by atoms with E-state index in [9.17, 15) is 19.1 Å². The van der Waals surface area contributed by atoms with Gasteiger partial charge in [-0.2, -0.15) is 0 Å². The number of amides is 2. The van der Waals surface area contributed by atoms with Crippen molar-refractivity contribution in [2.75, 3.05) is 51.1 Å². The fraction of sp³-hybridized carbons (Fsp3) is 0.467. The van der Waals surface area contributed by atoms with Crippen LogP contribution in [0.1, 0.15) is 26.3 Å². The molecule has 0 radical (unpaired) electrons. The van der Waals surface area contributed by atoms with E-state index in [-0.39, 0.29) is 57.7 Å². The molecule has 3 aliphatic heterocycles. The number of carbonyl (C=O) groups excluding carboxylic acids is 2. The molecule has 1 N–H and O–H groups in total. The molecule has 3 aliphatic rings. The standard InChI is InChI=1S/C30H34F2N9O7.ClH/c1-20(39-10-11-40(27(39)42)22-5-7-23(8-6-22)41-16-33-35-36-41)30(44,25-9-4-21(31)12-26(25)32)15-38-18-37(17-34-38)19-46-28(43)45-13-24-14-47-29(2,3)48-24;/h4-9,12,16,20,24,44H,10-11,13-15,18-19H2,1-3H3;1H/q+1;/p-1/t20-,24-,30+;/m1./s1. The van der Waals surface area contributed by atoms with E-state index in [1.165, 1.54) is 30.7 Å². The lowest BCUT2D eigenvalue weighted by atomic mass is 9.85. The third-order valence-corrected chi connectivity index (χ3v) is 8.25. The third kappa shape index (κ3) is 7.79. The van der Waals surface area contributed by atoms with Crippen LogP contribution in [0, 0.1) is 11.6 Å². The van der Waals surface area contributed by atoms with E-state index in [2.05, 4.69) is 27.0 Å². The van der Waals surface area contributed by atoms with Crippen molar-refractivity contribution in [2.24, 2.45) is 5.10 Å². The summed E-state index contributed by atoms with van der Waals surface area (Å²) in [7, 11) is 0. The number of urea groups is 1. The first-order chi connectivity index (χ1) is 22.9. The number of halogens is 3. The van der Waals surface area contributed by atoms with Crippen molar-refractivity contribution in [1.29, 1.82) is 0 Å². The Balaban J connectivity index is 0.00000468. The number of β-amino-alcohol motifs (C(OH)–C–C–N with tert-alkyl or cyclic N) is 1. The molecular formula is C30H34ClF2N9O7. The number of rotatable bonds is 11. The van der Waals surface area contributed by atoms with Crippen molar-refractivity contribution >= 4 is 24.2 Å². The molecule has 0 spiro atoms. The van der Waals surface area contributed by atoms with Crippen molar-refractivity contribution in [1.82, 2.24) is 35.0 Å². The first-order valence-corrected chi connectivity index (χ1v) is 15.1. The molecule has 262 valence electrons. The van der Waals surface area contributed by atoms with E-state index in [1.54, 1.807) is 45.0 Å². The second-order valence-electron chi connectivity index (χ2n) is 12.0. The van der Waals surface area contributed by atoms with E-state index < -0.39 is 47.4 Å². The van der Waals surface area contributed by atoms with E-state index in [0.29, 0.717) is 24.0 Å². The van der Waals surface area contributed by atoms with Crippen LogP contribution in [0.4, 0.5) is 24.1 Å². The second kappa shape index (κ2) is 14.4. The average molecular weight is 706 g/mol. The van der Waals surface area contributed by atoms with Gasteiger partial charge in [0.2, 0.25) is 6.73 Å². The summed E-state index contributed by atoms with van der Waals surface area (Å²) in [6.45, 7) is 5.22. The fourth-order valence-corrected chi connectivity index (χ4v) is 5.76. The number of ether oxygens (including phenoxy) is 4. The Morgan fingerprint density at radius 2 is 1.92 bits per heavy atom. The molecule has 4 heterocycles. The molecule has 2 fully saturated rings. The van der Waals surface area contributed by atoms with Crippen LogP contribution < -0.4 is 17.3 Å². The molecule has 3 aromatic rings. The lowest BCUT2D eigenvalue weighted by molar-refractivity contribution is -0.143. The highest BCUT2D eigenvalue weighted by Crippen LogP contribution is 2.35. The topological polar surface area (TPSA) is 160 Å². The van der Waals surface area contributed by atoms with Crippen LogP contribution in [-0.2, 0) is 24.5 Å². The van der Waals surface area contributed by atoms with Crippen LogP contribution in [0.3, 0.4) is 0 Å². The van der Waals surface area contributed by atoms with Gasteiger partial charge in [0.15, 0.2) is 12.5 Å². The maximum atomic E-state index is 15.3. The quantitative estimate of drug-likeness (QED) is 0.194. The maximum absolute atomic E-state index is 15.3. The van der Waals surface area contributed by atoms with E-state index in [1.807, 2.05) is 0 Å². The van der Waals surface area contributed by atoms with Crippen molar-refractivity contribution in [3.8, 4) is 5.69 Å². The van der Waals surface area contributed by atoms with Gasteiger partial charge in [-0.25, -0.2) is 28.1 Å². The second-order valence-corrected chi connectivity index (χ2v) is 12.0. The summed E-state index contributed by atoms with van der Waals surface area (Å²) in [4.78, 5) is 30.2. The van der Waals surface area contributed by atoms with Crippen molar-refractivity contribution in [3.05, 3.63) is 66.0 Å². The molecule has 16 nitrogen and oxygen atoms in total. The number of nitrogens with zero attached hydrogens (tertiary/aromatic N) is 9. The van der Waals surface area contributed by atoms with Gasteiger partial charge in [-0.3, -0.25) is 4.90 Å². The third-order valence-electron chi connectivity index (χ3n) is 8.25. The number of tetrazole rings is 1. The normalized spacial score (nSPS) is 20.2. The fourth-order valence-electron chi connectivity index (χ4n) is 5.76. The highest BCUT2D eigenvalue weighted by molar-refractivity contribution is 5.94. The first-order valence-electron chi connectivity index (χ1n) is 15.1. The number of hydrogen-bond donors (Lipinski definition) is 1. The van der Waals surface area contributed by atoms with Crippen molar-refractivity contribution in [3.63, 3.8) is 0 Å². The molecule has 19 heteroatoms. The molecule has 2 aromatic carbocycles. The minimum absolute atomic E-state index is 0. The summed E-state index contributed by atoms with van der Waals surface area (Å²) >= 11 is 0. The average Bonchev–Trinajstić information content (AvgIpc) is 3.87. The minimum atomic E-state index is -2.06. The van der Waals surface area contributed by atoms with Crippen LogP contribution in [0.5, 0.6) is 0 Å². The van der Waals surface area contributed by atoms with Crippen LogP contribution in [0.15, 0.2) is 53.9 Å². The van der Waals surface area contributed by atoms with Crippen LogP contribution in [0.25, 0.3) is 5.69 Å². The predicted octanol–water partition coefficient (Wildman–Crippen LogP) is -0.880. The predicted molar refractivity (Wildman–Crippen MR) is 161 cm³/mol. The number of aliphatic hydroxyl groups is 1. The summed E-state index contributed by atoms with van der Waals surface area (Å²) in [6.07, 6.45) is 2.75. The molecule has 0 saturated carbocycles. The molecule has 0 unspecified atom stereocenters. The van der Waals surface area contributed by atoms with Crippen molar-refractivity contribution < 1.29 is 54.8 Å². The molecule has 2 saturated heterocycles. The number of hydrogen-bond acceptors (Lipinski definition) is 13. The lowest BCUT2D eigenvalue weighted by Crippen LogP contribution is -3.00. The molecule has 0 bridgehead atoms. The van der Waals surface area contributed by atoms with Gasteiger partial charge in [0.1, 0.15) is 41.4 Å². The highest BCUT2D eigenvalue weighted by Gasteiger charge is 2.48. The largest absolute Gasteiger partial charge is 1.00 e. The Kier molecular flexibility index (Phi) is 10.4. The van der Waals surface area contributed by atoms with Crippen LogP contribution in [-0.4, -0.2) is 123 Å². The number of aromatic nitrogens is 4. The molecule has 1 aromatic heterocycles. The number of anilines is 1. The number of benzene rings is 2. The van der Waals surface area contributed by atoms with Gasteiger partial charge in [0, 0.05) is 30.4 Å². The summed E-state index contributed by atoms with van der Waals surface area (Å²) < 4.78 is 52.0. The zero-order valence-electron chi connectivity index (χ0n) is 26.8. The van der Waals surface area contributed by atoms with E-state index in [0.717, 1.165) is 12.1 Å². The van der Waals surface area contributed by atoms with Gasteiger partial charge in [-0.15, -0.1) is 5.10 Å². The lowest BCUT2D eigenvalue weighted by Gasteiger charge is -2.40. The van der Waals surface area contributed by atoms with Gasteiger partial charge in [0.05, 0.1) is 24.9 Å². The SMILES string of the molecule is C[C@@H](N1CCN(c2ccc(-n3cnnn3)cc2)C1=O)[C@@](O)(CN1CN(COC(=O)OC[C@@H]2COC(C)(C)O2)[C+]=N1)c1ccc(F)cc1F.[Cl-]. The van der Waals surface area contributed by atoms with E-state index >= 15 is 4.39 Å². The van der Waals surface area contributed by atoms with Crippen LogP contribution >= 0.6 is 0 Å². The smallest absolute Gasteiger partial charge is 0.547 e. The van der Waals surface area contributed by atoms with Gasteiger partial charge < -0.3 is 41.4 Å². The zero-order valence-corrected chi connectivity index (χ0v) is 27.5. The molecular weight excluding hydrogens is 672 g/mol. The first kappa shape index (κ1) is 35.6. The summed E-state index contributed by atoms with van der Waals surface area (Å²) in [5, 5.41) is 28.8. The maximum Gasteiger partial charge on any atom is 0.547 e. The summed E-state index contributed by atoms with van der Waals surface area (Å²) in [5.74, 6) is -2.57. The minimum Gasteiger partial charge on any atom is -1.00 e. The molecule has 49 heavy (non-hydrogen) atoms. The Bertz CT molecular complexity index is 1650. The number of hydrazone groups is 1. The Hall–Kier alpha value is -4.74. The van der Waals surface area contributed by atoms with E-state index in [4.69, 9.17) is 18.9 Å². The van der Waals surface area contributed by atoms with Gasteiger partial charge >= 0.3 is 18.5 Å². The van der Waals surface area contributed by atoms with Gasteiger partial charge in [-0.1, -0.05) is 11.0 Å². The van der Waals surface area contributed by atoms with Gasteiger partial charge in [0.25, 0.3) is 0 Å². The Morgan fingerprint density at radius 1 is 1.16 bits per heavy atom. The van der Waals surface area contributed by atoms with Gasteiger partial charge in [-0.05, 0) is 61.5 Å². The highest BCUT2D eigenvalue weighted by atomic mass is 35.5. The summed E-state index contributed by atoms with van der Waals surface area (Å²) in [6, 6.07) is 8.44.